The van der Waals surface area contributed by atoms with Crippen molar-refractivity contribution in [3.63, 3.8) is 0 Å². The largest absolute Gasteiger partial charge is 0.369 e. The van der Waals surface area contributed by atoms with Gasteiger partial charge >= 0.3 is 11.7 Å². The summed E-state index contributed by atoms with van der Waals surface area (Å²) < 4.78 is 0. The van der Waals surface area contributed by atoms with E-state index in [4.69, 9.17) is 4.84 Å². The van der Waals surface area contributed by atoms with Crippen LogP contribution in [-0.4, -0.2) is 83.2 Å². The smallest absolute Gasteiger partial charge is 0.330 e. The molecule has 0 bridgehead atoms. The summed E-state index contributed by atoms with van der Waals surface area (Å²) in [5.41, 5.74) is 2.31. The van der Waals surface area contributed by atoms with Crippen molar-refractivity contribution in [2.45, 2.75) is 40.2 Å². The van der Waals surface area contributed by atoms with Crippen molar-refractivity contribution in [2.75, 3.05) is 61.8 Å². The summed E-state index contributed by atoms with van der Waals surface area (Å²) in [5.74, 6) is 0.0673. The molecule has 2 aliphatic heterocycles. The summed E-state index contributed by atoms with van der Waals surface area (Å²) in [6, 6.07) is 5.92. The van der Waals surface area contributed by atoms with Crippen LogP contribution in [0.15, 0.2) is 24.4 Å². The van der Waals surface area contributed by atoms with Crippen LogP contribution in [-0.2, 0) is 9.63 Å². The van der Waals surface area contributed by atoms with Crippen LogP contribution in [0.5, 0.6) is 0 Å². The monoisotopic (exact) mass is 512 g/mol. The van der Waals surface area contributed by atoms with E-state index in [0.29, 0.717) is 19.5 Å². The number of nitrogens with zero attached hydrogens (tertiary/aromatic N) is 6. The van der Waals surface area contributed by atoms with Crippen molar-refractivity contribution >= 4 is 34.8 Å². The van der Waals surface area contributed by atoms with Gasteiger partial charge in [-0.25, -0.2) is 9.78 Å². The van der Waals surface area contributed by atoms with Gasteiger partial charge in [0.05, 0.1) is 16.9 Å². The number of aryl methyl sites for hydroxylation is 1. The van der Waals surface area contributed by atoms with E-state index >= 15 is 0 Å². The van der Waals surface area contributed by atoms with Gasteiger partial charge in [0.15, 0.2) is 0 Å². The standard InChI is InChI=1S/C25H36N8O4/c1-17-14-18(6-7-20(17)31-12-10-30(5)11-13-31)28-24-26-15-21(33(35)36)22(29-24)27-19-8-9-32(16-19)37-23(34)25(2,3)4/h6-7,14-15,19H,8-13,16H2,1-5H3,(H2,26,27,28,29)/t19-/m0/s1. The third-order valence-electron chi connectivity index (χ3n) is 6.58. The summed E-state index contributed by atoms with van der Waals surface area (Å²) in [7, 11) is 2.13. The summed E-state index contributed by atoms with van der Waals surface area (Å²) in [6.07, 6.45) is 1.85. The number of carbonyl (C=O) groups is 1. The molecule has 2 saturated heterocycles. The van der Waals surface area contributed by atoms with Crippen LogP contribution in [0.2, 0.25) is 0 Å². The molecule has 1 atom stereocenters. The molecule has 1 aromatic heterocycles. The van der Waals surface area contributed by atoms with E-state index in [-0.39, 0.29) is 29.5 Å². The van der Waals surface area contributed by atoms with Crippen molar-refractivity contribution in [1.82, 2.24) is 19.9 Å². The number of likely N-dealkylation sites (N-methyl/N-ethyl adjacent to an activating group) is 1. The average Bonchev–Trinajstić information content (AvgIpc) is 3.26. The molecule has 0 spiro atoms. The van der Waals surface area contributed by atoms with Crippen LogP contribution in [0.1, 0.15) is 32.8 Å². The minimum Gasteiger partial charge on any atom is -0.369 e. The molecule has 12 heteroatoms. The van der Waals surface area contributed by atoms with Gasteiger partial charge in [0.1, 0.15) is 6.20 Å². The number of nitro groups is 1. The van der Waals surface area contributed by atoms with E-state index in [0.717, 1.165) is 37.4 Å². The first-order valence-corrected chi connectivity index (χ1v) is 12.6. The molecule has 1 aromatic carbocycles. The molecule has 2 aromatic rings. The van der Waals surface area contributed by atoms with Gasteiger partial charge in [0.25, 0.3) is 0 Å². The van der Waals surface area contributed by atoms with E-state index in [9.17, 15) is 14.9 Å². The fourth-order valence-corrected chi connectivity index (χ4v) is 4.32. The van der Waals surface area contributed by atoms with Gasteiger partial charge in [0.2, 0.25) is 11.8 Å². The molecule has 4 rings (SSSR count). The molecule has 37 heavy (non-hydrogen) atoms. The van der Waals surface area contributed by atoms with Crippen LogP contribution < -0.4 is 15.5 Å². The molecule has 0 amide bonds. The number of aromatic nitrogens is 2. The lowest BCUT2D eigenvalue weighted by molar-refractivity contribution is -0.384. The molecule has 0 aliphatic carbocycles. The van der Waals surface area contributed by atoms with Crippen molar-refractivity contribution in [1.29, 1.82) is 0 Å². The molecule has 2 N–H and O–H groups in total. The number of hydroxylamine groups is 2. The van der Waals surface area contributed by atoms with Gasteiger partial charge < -0.3 is 25.3 Å². The molecular formula is C25H36N8O4. The number of anilines is 4. The van der Waals surface area contributed by atoms with Gasteiger partial charge in [-0.15, -0.1) is 5.06 Å². The van der Waals surface area contributed by atoms with Crippen molar-refractivity contribution in [3.8, 4) is 0 Å². The lowest BCUT2D eigenvalue weighted by atomic mass is 9.98. The van der Waals surface area contributed by atoms with Crippen molar-refractivity contribution in [2.24, 2.45) is 5.41 Å². The second-order valence-corrected chi connectivity index (χ2v) is 10.7. The highest BCUT2D eigenvalue weighted by atomic mass is 16.7. The predicted molar refractivity (Wildman–Crippen MR) is 142 cm³/mol. The first-order chi connectivity index (χ1) is 17.5. The maximum atomic E-state index is 12.2. The zero-order chi connectivity index (χ0) is 26.7. The Kier molecular flexibility index (Phi) is 7.79. The normalized spacial score (nSPS) is 19.1. The second-order valence-electron chi connectivity index (χ2n) is 10.7. The Morgan fingerprint density at radius 1 is 1.19 bits per heavy atom. The maximum Gasteiger partial charge on any atom is 0.330 e. The summed E-state index contributed by atoms with van der Waals surface area (Å²) >= 11 is 0. The molecule has 0 saturated carbocycles. The highest BCUT2D eigenvalue weighted by Crippen LogP contribution is 2.29. The van der Waals surface area contributed by atoms with Gasteiger partial charge in [-0.3, -0.25) is 10.1 Å². The third-order valence-corrected chi connectivity index (χ3v) is 6.58. The van der Waals surface area contributed by atoms with Gasteiger partial charge in [0, 0.05) is 50.1 Å². The maximum absolute atomic E-state index is 12.2. The lowest BCUT2D eigenvalue weighted by Gasteiger charge is -2.35. The van der Waals surface area contributed by atoms with E-state index < -0.39 is 10.3 Å². The Bertz CT molecular complexity index is 1140. The molecule has 0 unspecified atom stereocenters. The Labute approximate surface area is 217 Å². The molecule has 12 nitrogen and oxygen atoms in total. The SMILES string of the molecule is Cc1cc(Nc2ncc([N+](=O)[O-])c(N[C@H]3CCN(OC(=O)C(C)(C)C)C3)n2)ccc1N1CCN(C)CC1. The average molecular weight is 513 g/mol. The molecule has 200 valence electrons. The van der Waals surface area contributed by atoms with Gasteiger partial charge in [-0.2, -0.15) is 4.98 Å². The van der Waals surface area contributed by atoms with Crippen molar-refractivity contribution < 1.29 is 14.6 Å². The van der Waals surface area contributed by atoms with Crippen LogP contribution in [0.3, 0.4) is 0 Å². The van der Waals surface area contributed by atoms with Gasteiger partial charge in [-0.1, -0.05) is 0 Å². The minimum absolute atomic E-state index is 0.127. The summed E-state index contributed by atoms with van der Waals surface area (Å²) in [4.78, 5) is 42.0. The highest BCUT2D eigenvalue weighted by molar-refractivity contribution is 5.75. The first kappa shape index (κ1) is 26.6. The molecular weight excluding hydrogens is 476 g/mol. The fourth-order valence-electron chi connectivity index (χ4n) is 4.32. The first-order valence-electron chi connectivity index (χ1n) is 12.6. The number of benzene rings is 1. The number of hydrogen-bond acceptors (Lipinski definition) is 11. The second kappa shape index (κ2) is 10.9. The number of nitrogens with one attached hydrogen (secondary N) is 2. The fraction of sp³-hybridized carbons (Fsp3) is 0.560. The zero-order valence-electron chi connectivity index (χ0n) is 22.2. The van der Waals surface area contributed by atoms with Gasteiger partial charge in [-0.05, 0) is 64.9 Å². The topological polar surface area (TPSA) is 129 Å². The van der Waals surface area contributed by atoms with Crippen LogP contribution in [0, 0.1) is 22.5 Å². The number of piperazine rings is 1. The lowest BCUT2D eigenvalue weighted by Crippen LogP contribution is -2.44. The third kappa shape index (κ3) is 6.63. The van der Waals surface area contributed by atoms with E-state index in [1.165, 1.54) is 11.9 Å². The Morgan fingerprint density at radius 2 is 1.92 bits per heavy atom. The minimum atomic E-state index is -0.613. The quantitative estimate of drug-likeness (QED) is 0.419. The number of rotatable bonds is 7. The molecule has 2 aliphatic rings. The predicted octanol–water partition coefficient (Wildman–Crippen LogP) is 3.18. The van der Waals surface area contributed by atoms with Crippen LogP contribution in [0.25, 0.3) is 0 Å². The zero-order valence-corrected chi connectivity index (χ0v) is 22.2. The molecule has 2 fully saturated rings. The Hall–Kier alpha value is -3.51. The number of hydrogen-bond donors (Lipinski definition) is 2. The summed E-state index contributed by atoms with van der Waals surface area (Å²) in [6.45, 7) is 12.4. The molecule has 3 heterocycles. The summed E-state index contributed by atoms with van der Waals surface area (Å²) in [5, 5.41) is 19.5. The van der Waals surface area contributed by atoms with Crippen molar-refractivity contribution in [3.05, 3.63) is 40.1 Å². The van der Waals surface area contributed by atoms with Crippen LogP contribution in [0.4, 0.5) is 28.8 Å². The Morgan fingerprint density at radius 3 is 2.57 bits per heavy atom. The molecule has 0 radical (unpaired) electrons. The van der Waals surface area contributed by atoms with E-state index in [1.807, 2.05) is 12.1 Å². The van der Waals surface area contributed by atoms with Crippen LogP contribution >= 0.6 is 0 Å². The highest BCUT2D eigenvalue weighted by Gasteiger charge is 2.32. The van der Waals surface area contributed by atoms with E-state index in [2.05, 4.69) is 50.4 Å². The number of carbonyl (C=O) groups excluding carboxylic acids is 1. The van der Waals surface area contributed by atoms with E-state index in [1.54, 1.807) is 25.8 Å². The Balaban J connectivity index is 1.44.